The largest absolute Gasteiger partial charge is 0.339 e. The number of rotatable bonds is 4. The molecule has 1 aliphatic heterocycles. The minimum absolute atomic E-state index is 0.0192. The topological polar surface area (TPSA) is 70.6 Å². The van der Waals surface area contributed by atoms with Crippen LogP contribution < -0.4 is 0 Å². The number of nitrogens with zero attached hydrogens (tertiary/aromatic N) is 3. The van der Waals surface area contributed by atoms with Gasteiger partial charge in [0, 0.05) is 31.6 Å². The van der Waals surface area contributed by atoms with Gasteiger partial charge in [0.25, 0.3) is 0 Å². The molecule has 1 aliphatic rings. The molecule has 134 valence electrons. The number of carbonyl (C=O) groups is 1. The monoisotopic (exact) mass is 379 g/mol. The first-order chi connectivity index (χ1) is 11.8. The maximum Gasteiger partial charge on any atom is 0.233 e. The van der Waals surface area contributed by atoms with Crippen molar-refractivity contribution in [3.8, 4) is 0 Å². The van der Waals surface area contributed by atoms with Crippen molar-refractivity contribution in [3.63, 3.8) is 0 Å². The first-order valence-corrected chi connectivity index (χ1v) is 10.9. The second kappa shape index (κ2) is 7.31. The number of amides is 1. The summed E-state index contributed by atoms with van der Waals surface area (Å²) in [5, 5.41) is 1.95. The summed E-state index contributed by atoms with van der Waals surface area (Å²) in [6, 6.07) is 9.96. The van der Waals surface area contributed by atoms with Crippen LogP contribution in [0.15, 0.2) is 35.4 Å². The zero-order chi connectivity index (χ0) is 18.0. The van der Waals surface area contributed by atoms with Gasteiger partial charge in [-0.25, -0.2) is 13.4 Å². The standard InChI is InChI=1S/C17H21N3O3S2/c1-13-11-16(18-15-6-4-3-5-14(13)15)24-12-17(21)19-7-9-20(10-8-19)25(2,22)23/h3-6,11H,7-10,12H2,1-2H3. The van der Waals surface area contributed by atoms with Gasteiger partial charge in [0.2, 0.25) is 15.9 Å². The van der Waals surface area contributed by atoms with Crippen LogP contribution in [-0.4, -0.2) is 66.7 Å². The number of aromatic nitrogens is 1. The summed E-state index contributed by atoms with van der Waals surface area (Å²) >= 11 is 1.42. The van der Waals surface area contributed by atoms with Crippen molar-refractivity contribution in [1.82, 2.24) is 14.2 Å². The lowest BCUT2D eigenvalue weighted by Crippen LogP contribution is -2.50. The van der Waals surface area contributed by atoms with Crippen LogP contribution in [0.1, 0.15) is 5.56 Å². The zero-order valence-corrected chi connectivity index (χ0v) is 15.9. The average molecular weight is 380 g/mol. The van der Waals surface area contributed by atoms with Crippen LogP contribution in [0.4, 0.5) is 0 Å². The second-order valence-corrected chi connectivity index (χ2v) is 9.10. The highest BCUT2D eigenvalue weighted by molar-refractivity contribution is 7.99. The van der Waals surface area contributed by atoms with E-state index in [1.807, 2.05) is 37.3 Å². The summed E-state index contributed by atoms with van der Waals surface area (Å²) in [7, 11) is -3.18. The first kappa shape index (κ1) is 18.2. The number of thioether (sulfide) groups is 1. The molecular formula is C17H21N3O3S2. The van der Waals surface area contributed by atoms with E-state index < -0.39 is 10.0 Å². The van der Waals surface area contributed by atoms with Gasteiger partial charge in [-0.1, -0.05) is 30.0 Å². The van der Waals surface area contributed by atoms with Crippen molar-refractivity contribution in [1.29, 1.82) is 0 Å². The lowest BCUT2D eigenvalue weighted by molar-refractivity contribution is -0.129. The van der Waals surface area contributed by atoms with E-state index in [0.29, 0.717) is 31.9 Å². The average Bonchev–Trinajstić information content (AvgIpc) is 2.59. The van der Waals surface area contributed by atoms with Crippen LogP contribution in [-0.2, 0) is 14.8 Å². The minimum Gasteiger partial charge on any atom is -0.339 e. The Morgan fingerprint density at radius 1 is 1.20 bits per heavy atom. The smallest absolute Gasteiger partial charge is 0.233 e. The van der Waals surface area contributed by atoms with E-state index in [1.165, 1.54) is 22.3 Å². The number of benzene rings is 1. The molecule has 1 saturated heterocycles. The third kappa shape index (κ3) is 4.31. The number of piperazine rings is 1. The molecule has 25 heavy (non-hydrogen) atoms. The molecule has 0 unspecified atom stereocenters. The molecule has 1 amide bonds. The van der Waals surface area contributed by atoms with Crippen molar-refractivity contribution in [2.45, 2.75) is 11.9 Å². The Hall–Kier alpha value is -1.64. The van der Waals surface area contributed by atoms with Crippen LogP contribution in [0.25, 0.3) is 10.9 Å². The quantitative estimate of drug-likeness (QED) is 0.757. The normalized spacial score (nSPS) is 16.3. The Bertz CT molecular complexity index is 891. The van der Waals surface area contributed by atoms with Crippen LogP contribution in [0.5, 0.6) is 0 Å². The lowest BCUT2D eigenvalue weighted by atomic mass is 10.1. The number of aryl methyl sites for hydroxylation is 1. The minimum atomic E-state index is -3.18. The molecule has 6 nitrogen and oxygen atoms in total. The fraction of sp³-hybridized carbons (Fsp3) is 0.412. The fourth-order valence-electron chi connectivity index (χ4n) is 2.89. The molecule has 0 atom stereocenters. The molecule has 0 N–H and O–H groups in total. The number of sulfonamides is 1. The highest BCUT2D eigenvalue weighted by Gasteiger charge is 2.25. The summed E-state index contributed by atoms with van der Waals surface area (Å²) in [6.07, 6.45) is 1.20. The third-order valence-corrected chi connectivity index (χ3v) is 6.50. The van der Waals surface area contributed by atoms with Gasteiger partial charge >= 0.3 is 0 Å². The van der Waals surface area contributed by atoms with E-state index in [1.54, 1.807) is 4.90 Å². The van der Waals surface area contributed by atoms with E-state index in [4.69, 9.17) is 0 Å². The Balaban J connectivity index is 1.60. The summed E-state index contributed by atoms with van der Waals surface area (Å²) in [4.78, 5) is 18.7. The van der Waals surface area contributed by atoms with E-state index in [2.05, 4.69) is 4.98 Å². The highest BCUT2D eigenvalue weighted by atomic mass is 32.2. The van der Waals surface area contributed by atoms with Crippen molar-refractivity contribution in [2.24, 2.45) is 0 Å². The SMILES string of the molecule is Cc1cc(SCC(=O)N2CCN(S(C)(=O)=O)CC2)nc2ccccc12. The second-order valence-electron chi connectivity index (χ2n) is 6.13. The molecule has 1 aromatic heterocycles. The van der Waals surface area contributed by atoms with Gasteiger partial charge in [0.15, 0.2) is 0 Å². The molecular weight excluding hydrogens is 358 g/mol. The van der Waals surface area contributed by atoms with E-state index in [9.17, 15) is 13.2 Å². The van der Waals surface area contributed by atoms with Gasteiger partial charge in [0.05, 0.1) is 22.6 Å². The van der Waals surface area contributed by atoms with Crippen molar-refractivity contribution in [3.05, 3.63) is 35.9 Å². The van der Waals surface area contributed by atoms with Crippen molar-refractivity contribution >= 4 is 38.6 Å². The van der Waals surface area contributed by atoms with E-state index >= 15 is 0 Å². The Morgan fingerprint density at radius 3 is 2.56 bits per heavy atom. The van der Waals surface area contributed by atoms with Crippen molar-refractivity contribution < 1.29 is 13.2 Å². The first-order valence-electron chi connectivity index (χ1n) is 8.07. The zero-order valence-electron chi connectivity index (χ0n) is 14.3. The summed E-state index contributed by atoms with van der Waals surface area (Å²) in [5.41, 5.74) is 2.07. The predicted molar refractivity (Wildman–Crippen MR) is 100 cm³/mol. The molecule has 3 rings (SSSR count). The number of fused-ring (bicyclic) bond motifs is 1. The molecule has 2 heterocycles. The maximum atomic E-state index is 12.4. The van der Waals surface area contributed by atoms with Gasteiger partial charge in [0.1, 0.15) is 0 Å². The van der Waals surface area contributed by atoms with Crippen LogP contribution in [0.2, 0.25) is 0 Å². The van der Waals surface area contributed by atoms with Gasteiger partial charge in [-0.2, -0.15) is 4.31 Å². The summed E-state index contributed by atoms with van der Waals surface area (Å²) in [5.74, 6) is 0.328. The van der Waals surface area contributed by atoms with Gasteiger partial charge < -0.3 is 4.90 Å². The Labute approximate surface area is 152 Å². The van der Waals surface area contributed by atoms with E-state index in [0.717, 1.165) is 21.5 Å². The van der Waals surface area contributed by atoms with Gasteiger partial charge in [-0.3, -0.25) is 4.79 Å². The number of hydrogen-bond acceptors (Lipinski definition) is 5. The third-order valence-electron chi connectivity index (χ3n) is 4.30. The maximum absolute atomic E-state index is 12.4. The summed E-state index contributed by atoms with van der Waals surface area (Å²) < 4.78 is 24.5. The summed E-state index contributed by atoms with van der Waals surface area (Å²) in [6.45, 7) is 3.65. The Kier molecular flexibility index (Phi) is 5.31. The molecule has 0 saturated carbocycles. The number of para-hydroxylation sites is 1. The number of pyridine rings is 1. The number of carbonyl (C=O) groups excluding carboxylic acids is 1. The van der Waals surface area contributed by atoms with Crippen LogP contribution in [0, 0.1) is 6.92 Å². The Morgan fingerprint density at radius 2 is 1.88 bits per heavy atom. The predicted octanol–water partition coefficient (Wildman–Crippen LogP) is 1.74. The van der Waals surface area contributed by atoms with E-state index in [-0.39, 0.29) is 5.91 Å². The van der Waals surface area contributed by atoms with Gasteiger partial charge in [-0.05, 0) is 24.6 Å². The molecule has 1 fully saturated rings. The van der Waals surface area contributed by atoms with Crippen LogP contribution >= 0.6 is 11.8 Å². The fourth-order valence-corrected chi connectivity index (χ4v) is 4.59. The lowest BCUT2D eigenvalue weighted by Gasteiger charge is -2.33. The van der Waals surface area contributed by atoms with Gasteiger partial charge in [-0.15, -0.1) is 0 Å². The highest BCUT2D eigenvalue weighted by Crippen LogP contribution is 2.24. The van der Waals surface area contributed by atoms with Crippen LogP contribution in [0.3, 0.4) is 0 Å². The molecule has 0 radical (unpaired) electrons. The number of hydrogen-bond donors (Lipinski definition) is 0. The molecule has 1 aromatic carbocycles. The molecule has 2 aromatic rings. The molecule has 0 aliphatic carbocycles. The molecule has 0 bridgehead atoms. The molecule has 8 heteroatoms. The molecule has 0 spiro atoms. The van der Waals surface area contributed by atoms with Crippen molar-refractivity contribution in [2.75, 3.05) is 38.2 Å².